The summed E-state index contributed by atoms with van der Waals surface area (Å²) in [5, 5.41) is 9.39. The third-order valence-electron chi connectivity index (χ3n) is 8.66. The number of aromatic nitrogens is 2. The first-order valence-electron chi connectivity index (χ1n) is 18.5. The van der Waals surface area contributed by atoms with Gasteiger partial charge in [0.1, 0.15) is 0 Å². The van der Waals surface area contributed by atoms with Crippen LogP contribution < -0.4 is 0 Å². The maximum Gasteiger partial charge on any atom is 0.206 e. The lowest BCUT2D eigenvalue weighted by molar-refractivity contribution is 0.523. The predicted octanol–water partition coefficient (Wildman–Crippen LogP) is 13.1. The molecule has 1 aromatic heterocycles. The molecule has 9 heteroatoms. The maximum atomic E-state index is 13.0. The van der Waals surface area contributed by atoms with Gasteiger partial charge in [-0.2, -0.15) is 0 Å². The smallest absolute Gasteiger partial charge is 0.206 e. The van der Waals surface area contributed by atoms with Crippen LogP contribution in [-0.4, -0.2) is 38.3 Å². The molecule has 2 unspecified atom stereocenters. The predicted molar refractivity (Wildman–Crippen MR) is 208 cm³/mol. The van der Waals surface area contributed by atoms with E-state index in [0.29, 0.717) is 18.8 Å². The van der Waals surface area contributed by atoms with Crippen LogP contribution in [0.3, 0.4) is 0 Å². The molecule has 266 valence electrons. The second kappa shape index (κ2) is 27.4. The Hall–Kier alpha value is 0.560. The lowest BCUT2D eigenvalue weighted by Crippen LogP contribution is -2.16. The normalized spacial score (nSPS) is 13.8. The summed E-state index contributed by atoms with van der Waals surface area (Å²) in [5.74, 6) is 0. The molecular formula is C36H70N2O2S5. The van der Waals surface area contributed by atoms with Gasteiger partial charge in [0.25, 0.3) is 0 Å². The Kier molecular flexibility index (Phi) is 26.5. The Morgan fingerprint density at radius 1 is 0.489 bits per heavy atom. The van der Waals surface area contributed by atoms with Crippen LogP contribution in [-0.2, 0) is 21.6 Å². The Morgan fingerprint density at radius 2 is 0.756 bits per heavy atom. The van der Waals surface area contributed by atoms with Gasteiger partial charge in [-0.15, -0.1) is 33.7 Å². The van der Waals surface area contributed by atoms with E-state index < -0.39 is 21.6 Å². The average molecular weight is 723 g/mol. The summed E-state index contributed by atoms with van der Waals surface area (Å²) >= 11 is 4.82. The van der Waals surface area contributed by atoms with E-state index >= 15 is 0 Å². The number of thioether (sulfide) groups is 2. The van der Waals surface area contributed by atoms with Crippen LogP contribution in [0.5, 0.6) is 0 Å². The molecule has 0 amide bonds. The van der Waals surface area contributed by atoms with E-state index in [-0.39, 0.29) is 9.49 Å². The summed E-state index contributed by atoms with van der Waals surface area (Å²) in [6, 6.07) is 0. The standard InChI is InChI=1S/C36H70N2O2S5/c1-7-9-11-13-15-17-19-21-23-25-27-29-35(3,4)41-31-44(39)33-37-38-34(43-33)45(40)32-42-36(5,6)30-28-26-24-22-20-18-16-14-12-10-8-2/h7-32H2,1-6H3. The van der Waals surface area contributed by atoms with E-state index in [1.807, 2.05) is 0 Å². The van der Waals surface area contributed by atoms with Crippen LogP contribution in [0.25, 0.3) is 0 Å². The lowest BCUT2D eigenvalue weighted by Gasteiger charge is -2.23. The molecule has 4 nitrogen and oxygen atoms in total. The molecule has 0 aliphatic carbocycles. The number of hydrogen-bond acceptors (Lipinski definition) is 7. The van der Waals surface area contributed by atoms with Crippen molar-refractivity contribution in [2.24, 2.45) is 0 Å². The van der Waals surface area contributed by atoms with Crippen molar-refractivity contribution >= 4 is 56.5 Å². The van der Waals surface area contributed by atoms with E-state index in [1.165, 1.54) is 153 Å². The van der Waals surface area contributed by atoms with Gasteiger partial charge in [0.2, 0.25) is 8.68 Å². The van der Waals surface area contributed by atoms with Gasteiger partial charge < -0.3 is 0 Å². The number of rotatable bonds is 32. The topological polar surface area (TPSA) is 59.9 Å². The fraction of sp³-hybridized carbons (Fsp3) is 0.944. The molecule has 0 bridgehead atoms. The second-order valence-corrected chi connectivity index (χ2v) is 22.5. The molecule has 0 fully saturated rings. The van der Waals surface area contributed by atoms with E-state index in [9.17, 15) is 8.42 Å². The first-order valence-corrected chi connectivity index (χ1v) is 23.9. The molecule has 0 radical (unpaired) electrons. The van der Waals surface area contributed by atoms with Crippen LogP contribution in [0.2, 0.25) is 0 Å². The molecule has 0 saturated carbocycles. The second-order valence-electron chi connectivity index (χ2n) is 14.1. The van der Waals surface area contributed by atoms with E-state index in [1.54, 1.807) is 23.5 Å². The SMILES string of the molecule is CCCCCCCCCCCCCC(C)(C)SCS(=O)c1nnc(S(=O)CSC(C)(C)CCCCCCCCCCCCC)s1. The van der Waals surface area contributed by atoms with Crippen LogP contribution >= 0.6 is 34.9 Å². The Morgan fingerprint density at radius 3 is 1.04 bits per heavy atom. The highest BCUT2D eigenvalue weighted by Gasteiger charge is 2.24. The molecule has 45 heavy (non-hydrogen) atoms. The van der Waals surface area contributed by atoms with Crippen molar-refractivity contribution in [1.29, 1.82) is 0 Å². The van der Waals surface area contributed by atoms with Crippen molar-refractivity contribution in [1.82, 2.24) is 10.2 Å². The summed E-state index contributed by atoms with van der Waals surface area (Å²) in [5.41, 5.74) is 0. The largest absolute Gasteiger partial charge is 0.251 e. The van der Waals surface area contributed by atoms with Gasteiger partial charge >= 0.3 is 0 Å². The van der Waals surface area contributed by atoms with Gasteiger partial charge in [0.15, 0.2) is 0 Å². The minimum absolute atomic E-state index is 0.0986. The van der Waals surface area contributed by atoms with Crippen molar-refractivity contribution in [3.8, 4) is 0 Å². The van der Waals surface area contributed by atoms with Gasteiger partial charge in [-0.3, -0.25) is 8.42 Å². The molecule has 0 spiro atoms. The molecule has 0 N–H and O–H groups in total. The first kappa shape index (κ1) is 43.6. The lowest BCUT2D eigenvalue weighted by atomic mass is 10.0. The van der Waals surface area contributed by atoms with Crippen molar-refractivity contribution in [3.05, 3.63) is 0 Å². The minimum Gasteiger partial charge on any atom is -0.251 e. The van der Waals surface area contributed by atoms with Crippen molar-refractivity contribution in [3.63, 3.8) is 0 Å². The Labute approximate surface area is 297 Å². The maximum absolute atomic E-state index is 13.0. The zero-order chi connectivity index (χ0) is 33.2. The Balaban J connectivity index is 2.19. The zero-order valence-corrected chi connectivity index (χ0v) is 34.2. The van der Waals surface area contributed by atoms with Gasteiger partial charge in [0.05, 0.1) is 31.8 Å². The Bertz CT molecular complexity index is 822. The zero-order valence-electron chi connectivity index (χ0n) is 30.1. The molecule has 0 aromatic carbocycles. The quantitative estimate of drug-likeness (QED) is 0.0690. The highest BCUT2D eigenvalue weighted by Crippen LogP contribution is 2.34. The number of nitrogens with zero attached hydrogens (tertiary/aromatic N) is 2. The van der Waals surface area contributed by atoms with Crippen LogP contribution in [0.4, 0.5) is 0 Å². The summed E-state index contributed by atoms with van der Waals surface area (Å²) < 4.78 is 27.2. The molecule has 0 aliphatic rings. The summed E-state index contributed by atoms with van der Waals surface area (Å²) in [4.78, 5) is 0. The molecule has 2 atom stereocenters. The highest BCUT2D eigenvalue weighted by molar-refractivity contribution is 8.12. The highest BCUT2D eigenvalue weighted by atomic mass is 32.3. The molecule has 0 saturated heterocycles. The van der Waals surface area contributed by atoms with Crippen LogP contribution in [0.15, 0.2) is 8.68 Å². The van der Waals surface area contributed by atoms with E-state index in [4.69, 9.17) is 0 Å². The average Bonchev–Trinajstić information content (AvgIpc) is 3.51. The third-order valence-corrected chi connectivity index (χ3v) is 16.4. The molecule has 1 aromatic rings. The van der Waals surface area contributed by atoms with E-state index in [2.05, 4.69) is 51.7 Å². The van der Waals surface area contributed by atoms with Gasteiger partial charge in [0, 0.05) is 9.49 Å². The van der Waals surface area contributed by atoms with Crippen LogP contribution in [0.1, 0.15) is 196 Å². The fourth-order valence-electron chi connectivity index (χ4n) is 5.48. The molecular weight excluding hydrogens is 653 g/mol. The summed E-state index contributed by atoms with van der Waals surface area (Å²) in [6.45, 7) is 13.6. The first-order chi connectivity index (χ1) is 21.6. The molecule has 1 rings (SSSR count). The van der Waals surface area contributed by atoms with Gasteiger partial charge in [-0.25, -0.2) is 0 Å². The van der Waals surface area contributed by atoms with Crippen molar-refractivity contribution in [2.75, 3.05) is 10.2 Å². The fourth-order valence-corrected chi connectivity index (χ4v) is 13.1. The van der Waals surface area contributed by atoms with E-state index in [0.717, 1.165) is 12.8 Å². The van der Waals surface area contributed by atoms with Crippen molar-refractivity contribution < 1.29 is 8.42 Å². The summed E-state index contributed by atoms with van der Waals surface area (Å²) in [6.07, 6.45) is 32.2. The summed E-state index contributed by atoms with van der Waals surface area (Å²) in [7, 11) is -2.41. The number of unbranched alkanes of at least 4 members (excludes halogenated alkanes) is 20. The van der Waals surface area contributed by atoms with Gasteiger partial charge in [-0.1, -0.05) is 194 Å². The molecule has 1 heterocycles. The molecule has 0 aliphatic heterocycles. The van der Waals surface area contributed by atoms with Gasteiger partial charge in [-0.05, 0) is 12.8 Å². The minimum atomic E-state index is -1.21. The number of hydrogen-bond donors (Lipinski definition) is 0. The third kappa shape index (κ3) is 24.4. The monoisotopic (exact) mass is 722 g/mol. The van der Waals surface area contributed by atoms with Crippen molar-refractivity contribution in [2.45, 2.75) is 214 Å². The van der Waals surface area contributed by atoms with Crippen LogP contribution in [0, 0.1) is 0 Å².